The lowest BCUT2D eigenvalue weighted by molar-refractivity contribution is 0.820. The van der Waals surface area contributed by atoms with Crippen LogP contribution in [0.1, 0.15) is 11.4 Å². The fourth-order valence-electron chi connectivity index (χ4n) is 2.37. The van der Waals surface area contributed by atoms with Crippen LogP contribution in [0.2, 0.25) is 0 Å². The third-order valence-electron chi connectivity index (χ3n) is 3.56. The molecule has 3 rings (SSSR count). The number of rotatable bonds is 6. The summed E-state index contributed by atoms with van der Waals surface area (Å²) in [5.41, 5.74) is 8.01. The summed E-state index contributed by atoms with van der Waals surface area (Å²) in [6.07, 6.45) is 3.58. The van der Waals surface area contributed by atoms with Gasteiger partial charge in [-0.1, -0.05) is 36.4 Å². The quantitative estimate of drug-likeness (QED) is 0.352. The van der Waals surface area contributed by atoms with Crippen molar-refractivity contribution in [2.45, 2.75) is 12.8 Å². The van der Waals surface area contributed by atoms with Crippen molar-refractivity contribution in [1.29, 1.82) is 0 Å². The maximum Gasteiger partial charge on any atom is 0.188 e. The number of guanidine groups is 1. The van der Waals surface area contributed by atoms with E-state index in [1.165, 1.54) is 5.56 Å². The molecule has 126 valence electrons. The van der Waals surface area contributed by atoms with Crippen LogP contribution in [-0.2, 0) is 12.8 Å². The lowest BCUT2D eigenvalue weighted by Crippen LogP contribution is -2.33. The van der Waals surface area contributed by atoms with Crippen molar-refractivity contribution in [3.8, 4) is 0 Å². The second-order valence-electron chi connectivity index (χ2n) is 5.22. The van der Waals surface area contributed by atoms with E-state index >= 15 is 0 Å². The zero-order valence-corrected chi connectivity index (χ0v) is 15.6. The second-order valence-corrected chi connectivity index (χ2v) is 5.22. The van der Waals surface area contributed by atoms with Gasteiger partial charge in [-0.15, -0.1) is 34.2 Å². The number of aromatic nitrogens is 3. The lowest BCUT2D eigenvalue weighted by Gasteiger charge is -2.05. The van der Waals surface area contributed by atoms with Gasteiger partial charge in [0.15, 0.2) is 11.6 Å². The van der Waals surface area contributed by atoms with E-state index in [1.54, 1.807) is 0 Å². The smallest absolute Gasteiger partial charge is 0.188 e. The van der Waals surface area contributed by atoms with Crippen molar-refractivity contribution in [3.63, 3.8) is 0 Å². The summed E-state index contributed by atoms with van der Waals surface area (Å²) in [6, 6.07) is 16.1. The van der Waals surface area contributed by atoms with Gasteiger partial charge in [-0.25, -0.2) is 0 Å². The van der Waals surface area contributed by atoms with Crippen LogP contribution < -0.4 is 11.1 Å². The van der Waals surface area contributed by atoms with E-state index in [1.807, 2.05) is 47.0 Å². The van der Waals surface area contributed by atoms with Crippen LogP contribution in [0.15, 0.2) is 59.7 Å². The van der Waals surface area contributed by atoms with E-state index in [-0.39, 0.29) is 24.0 Å². The van der Waals surface area contributed by atoms with Crippen molar-refractivity contribution in [2.75, 3.05) is 13.1 Å². The Morgan fingerprint density at radius 2 is 1.83 bits per heavy atom. The van der Waals surface area contributed by atoms with Gasteiger partial charge < -0.3 is 11.1 Å². The molecule has 0 saturated heterocycles. The number of hydrogen-bond donors (Lipinski definition) is 2. The van der Waals surface area contributed by atoms with Crippen molar-refractivity contribution in [3.05, 3.63) is 66.1 Å². The predicted molar refractivity (Wildman–Crippen MR) is 107 cm³/mol. The molecule has 0 atom stereocenters. The highest BCUT2D eigenvalue weighted by Crippen LogP contribution is 2.03. The fraction of sp³-hybridized carbons (Fsp3) is 0.235. The normalized spacial score (nSPS) is 11.2. The predicted octanol–water partition coefficient (Wildman–Crippen LogP) is 2.04. The number of nitrogens with one attached hydrogen (secondary N) is 1. The van der Waals surface area contributed by atoms with Gasteiger partial charge in [-0.2, -0.15) is 0 Å². The third kappa shape index (κ3) is 4.92. The molecule has 0 bridgehead atoms. The SMILES string of the molecule is I.NC(=NCCc1nnc2ccccn12)NCCc1ccccc1. The number of pyridine rings is 1. The molecule has 0 spiro atoms. The summed E-state index contributed by atoms with van der Waals surface area (Å²) in [7, 11) is 0. The Balaban J connectivity index is 0.00000208. The number of hydrogen-bond acceptors (Lipinski definition) is 3. The molecule has 0 fully saturated rings. The van der Waals surface area contributed by atoms with Crippen molar-refractivity contribution >= 4 is 35.6 Å². The van der Waals surface area contributed by atoms with Gasteiger partial charge in [0.2, 0.25) is 0 Å². The Hall–Kier alpha value is -2.16. The molecule has 0 aliphatic rings. The van der Waals surface area contributed by atoms with E-state index in [2.05, 4.69) is 32.6 Å². The van der Waals surface area contributed by atoms with Crippen LogP contribution in [0.5, 0.6) is 0 Å². The Bertz CT molecular complexity index is 784. The third-order valence-corrected chi connectivity index (χ3v) is 3.56. The van der Waals surface area contributed by atoms with E-state index in [0.29, 0.717) is 18.9 Å². The number of fused-ring (bicyclic) bond motifs is 1. The van der Waals surface area contributed by atoms with Crippen LogP contribution in [0.3, 0.4) is 0 Å². The first-order valence-electron chi connectivity index (χ1n) is 7.69. The van der Waals surface area contributed by atoms with Gasteiger partial charge in [0.1, 0.15) is 5.82 Å². The van der Waals surface area contributed by atoms with Crippen LogP contribution in [-0.4, -0.2) is 33.6 Å². The Morgan fingerprint density at radius 3 is 2.67 bits per heavy atom. The minimum absolute atomic E-state index is 0. The van der Waals surface area contributed by atoms with Crippen LogP contribution in [0.4, 0.5) is 0 Å². The Morgan fingerprint density at radius 1 is 1.04 bits per heavy atom. The van der Waals surface area contributed by atoms with Gasteiger partial charge in [-0.3, -0.25) is 9.39 Å². The molecule has 0 unspecified atom stereocenters. The summed E-state index contributed by atoms with van der Waals surface area (Å²) in [6.45, 7) is 1.35. The molecule has 0 aliphatic carbocycles. The first kappa shape index (κ1) is 18.2. The molecule has 0 amide bonds. The molecule has 3 aromatic rings. The van der Waals surface area contributed by atoms with Gasteiger partial charge >= 0.3 is 0 Å². The summed E-state index contributed by atoms with van der Waals surface area (Å²) in [4.78, 5) is 4.34. The molecule has 24 heavy (non-hydrogen) atoms. The maximum absolute atomic E-state index is 5.89. The summed E-state index contributed by atoms with van der Waals surface area (Å²) < 4.78 is 1.97. The highest BCUT2D eigenvalue weighted by Gasteiger charge is 2.03. The molecule has 0 saturated carbocycles. The zero-order chi connectivity index (χ0) is 15.9. The standard InChI is InChI=1S/C17H20N6.HI/c18-17(19-11-9-14-6-2-1-3-7-14)20-12-10-16-22-21-15-8-4-5-13-23(15)16;/h1-8,13H,9-12H2,(H3,18,19,20);1H. The molecule has 6 nitrogen and oxygen atoms in total. The van der Waals surface area contributed by atoms with Crippen molar-refractivity contribution < 1.29 is 0 Å². The second kappa shape index (κ2) is 9.21. The highest BCUT2D eigenvalue weighted by atomic mass is 127. The van der Waals surface area contributed by atoms with E-state index in [4.69, 9.17) is 5.73 Å². The van der Waals surface area contributed by atoms with E-state index in [0.717, 1.165) is 24.4 Å². The number of aliphatic imine (C=N–C) groups is 1. The van der Waals surface area contributed by atoms with Gasteiger partial charge in [0.25, 0.3) is 0 Å². The summed E-state index contributed by atoms with van der Waals surface area (Å²) in [5.74, 6) is 1.36. The monoisotopic (exact) mass is 436 g/mol. The van der Waals surface area contributed by atoms with Crippen molar-refractivity contribution in [2.24, 2.45) is 10.7 Å². The number of benzene rings is 1. The number of nitrogens with zero attached hydrogens (tertiary/aromatic N) is 4. The molecular weight excluding hydrogens is 415 g/mol. The number of nitrogens with two attached hydrogens (primary N) is 1. The first-order valence-corrected chi connectivity index (χ1v) is 7.69. The van der Waals surface area contributed by atoms with Gasteiger partial charge in [0, 0.05) is 25.7 Å². The van der Waals surface area contributed by atoms with Crippen LogP contribution >= 0.6 is 24.0 Å². The topological polar surface area (TPSA) is 80.6 Å². The first-order chi connectivity index (χ1) is 11.3. The average Bonchev–Trinajstić information content (AvgIpc) is 2.99. The van der Waals surface area contributed by atoms with E-state index < -0.39 is 0 Å². The molecule has 0 radical (unpaired) electrons. The number of halogens is 1. The van der Waals surface area contributed by atoms with Gasteiger partial charge in [-0.05, 0) is 24.1 Å². The maximum atomic E-state index is 5.89. The molecule has 7 heteroatoms. The largest absolute Gasteiger partial charge is 0.370 e. The van der Waals surface area contributed by atoms with Crippen LogP contribution in [0.25, 0.3) is 5.65 Å². The average molecular weight is 436 g/mol. The van der Waals surface area contributed by atoms with Crippen molar-refractivity contribution in [1.82, 2.24) is 19.9 Å². The molecule has 3 N–H and O–H groups in total. The molecule has 2 aromatic heterocycles. The molecular formula is C17H21IN6. The Labute approximate surface area is 158 Å². The van der Waals surface area contributed by atoms with Crippen LogP contribution in [0, 0.1) is 0 Å². The highest BCUT2D eigenvalue weighted by molar-refractivity contribution is 14.0. The minimum Gasteiger partial charge on any atom is -0.370 e. The Kier molecular flexibility index (Phi) is 6.98. The summed E-state index contributed by atoms with van der Waals surface area (Å²) >= 11 is 0. The minimum atomic E-state index is 0. The molecule has 2 heterocycles. The molecule has 1 aromatic carbocycles. The van der Waals surface area contributed by atoms with Gasteiger partial charge in [0.05, 0.1) is 0 Å². The fourth-order valence-corrected chi connectivity index (χ4v) is 2.37. The lowest BCUT2D eigenvalue weighted by atomic mass is 10.1. The molecule has 0 aliphatic heterocycles. The summed E-state index contributed by atoms with van der Waals surface area (Å²) in [5, 5.41) is 11.4. The van der Waals surface area contributed by atoms with E-state index in [9.17, 15) is 0 Å². The zero-order valence-electron chi connectivity index (χ0n) is 13.3.